The Hall–Kier alpha value is -1.39. The first kappa shape index (κ1) is 22.3. The molecular formula is C19H29F3N2O5. The van der Waals surface area contributed by atoms with E-state index in [9.17, 15) is 23.1 Å². The summed E-state index contributed by atoms with van der Waals surface area (Å²) in [5.41, 5.74) is 0. The highest BCUT2D eigenvalue weighted by Crippen LogP contribution is 2.33. The van der Waals surface area contributed by atoms with Crippen LogP contribution in [0.25, 0.3) is 0 Å². The molecule has 2 saturated heterocycles. The van der Waals surface area contributed by atoms with E-state index in [0.29, 0.717) is 18.8 Å². The molecule has 29 heavy (non-hydrogen) atoms. The van der Waals surface area contributed by atoms with Gasteiger partial charge in [0.25, 0.3) is 0 Å². The molecule has 0 aromatic carbocycles. The van der Waals surface area contributed by atoms with Gasteiger partial charge in [0.05, 0.1) is 18.8 Å². The molecule has 0 unspecified atom stereocenters. The first-order valence-electron chi connectivity index (χ1n) is 10.2. The number of piperidine rings is 1. The maximum absolute atomic E-state index is 12.5. The van der Waals surface area contributed by atoms with Gasteiger partial charge in [-0.2, -0.15) is 13.2 Å². The number of carbonyl (C=O) groups is 2. The van der Waals surface area contributed by atoms with E-state index in [1.165, 1.54) is 19.4 Å². The lowest BCUT2D eigenvalue weighted by Gasteiger charge is -2.41. The molecule has 10 heteroatoms. The number of hydrogen-bond acceptors (Lipinski definition) is 5. The fraction of sp³-hybridized carbons (Fsp3) is 0.895. The Kier molecular flexibility index (Phi) is 7.06. The number of ether oxygens (including phenoxy) is 1. The topological polar surface area (TPSA) is 90.3 Å². The van der Waals surface area contributed by atoms with Gasteiger partial charge in [-0.3, -0.25) is 4.79 Å². The average molecular weight is 422 g/mol. The Bertz CT molecular complexity index is 593. The lowest BCUT2D eigenvalue weighted by molar-refractivity contribution is -0.192. The Labute approximate surface area is 167 Å². The molecule has 2 saturated carbocycles. The van der Waals surface area contributed by atoms with E-state index in [4.69, 9.17) is 14.6 Å². The molecular weight excluding hydrogens is 393 g/mol. The minimum Gasteiger partial charge on any atom is -0.475 e. The smallest absolute Gasteiger partial charge is 0.475 e. The van der Waals surface area contributed by atoms with Crippen LogP contribution in [0.3, 0.4) is 0 Å². The second kappa shape index (κ2) is 9.18. The van der Waals surface area contributed by atoms with Crippen LogP contribution in [-0.4, -0.2) is 89.6 Å². The van der Waals surface area contributed by atoms with Crippen molar-refractivity contribution in [3.05, 3.63) is 0 Å². The Morgan fingerprint density at radius 3 is 2.28 bits per heavy atom. The summed E-state index contributed by atoms with van der Waals surface area (Å²) < 4.78 is 37.8. The summed E-state index contributed by atoms with van der Waals surface area (Å²) in [6, 6.07) is 0. The summed E-state index contributed by atoms with van der Waals surface area (Å²) in [6.45, 7) is 5.87. The number of aliphatic carboxylic acids is 1. The summed E-state index contributed by atoms with van der Waals surface area (Å²) >= 11 is 0. The van der Waals surface area contributed by atoms with Gasteiger partial charge in [0.15, 0.2) is 0 Å². The molecule has 0 bridgehead atoms. The number of fused-ring (bicyclic) bond motifs is 1. The molecule has 2 aliphatic heterocycles. The standard InChI is InChI=1S/C17H28N2O3.C2HF3O2/c20-15-7-14(8-15)17(21)19-4-3-13-10-18(9-12-1-2-12)5-6-22-16(13)11-19;3-2(4,5)1(6)7/h12-16,20H,1-11H2;(H,6,7)/t13-,14?,15?,16-;/m1./s1. The zero-order valence-electron chi connectivity index (χ0n) is 16.3. The van der Waals surface area contributed by atoms with Crippen molar-refractivity contribution in [3.8, 4) is 0 Å². The fourth-order valence-electron chi connectivity index (χ4n) is 4.20. The number of hydrogen-bond donors (Lipinski definition) is 2. The van der Waals surface area contributed by atoms with Gasteiger partial charge in [-0.1, -0.05) is 0 Å². The number of alkyl halides is 3. The van der Waals surface area contributed by atoms with Gasteiger partial charge in [0.2, 0.25) is 5.91 Å². The van der Waals surface area contributed by atoms with E-state index in [0.717, 1.165) is 45.1 Å². The molecule has 4 fully saturated rings. The lowest BCUT2D eigenvalue weighted by Crippen LogP contribution is -2.52. The molecule has 0 aromatic heterocycles. The maximum atomic E-state index is 12.5. The molecule has 4 rings (SSSR count). The van der Waals surface area contributed by atoms with Gasteiger partial charge in [-0.25, -0.2) is 4.79 Å². The Balaban J connectivity index is 0.000000298. The van der Waals surface area contributed by atoms with Crippen LogP contribution in [0.2, 0.25) is 0 Å². The van der Waals surface area contributed by atoms with E-state index >= 15 is 0 Å². The van der Waals surface area contributed by atoms with Crippen molar-refractivity contribution < 1.29 is 37.7 Å². The minimum absolute atomic E-state index is 0.0590. The number of likely N-dealkylation sites (tertiary alicyclic amines) is 1. The van der Waals surface area contributed by atoms with Crippen LogP contribution in [0.15, 0.2) is 0 Å². The number of halogens is 3. The molecule has 7 nitrogen and oxygen atoms in total. The number of aliphatic hydroxyl groups excluding tert-OH is 1. The van der Waals surface area contributed by atoms with Crippen LogP contribution < -0.4 is 0 Å². The van der Waals surface area contributed by atoms with Gasteiger partial charge in [0, 0.05) is 44.6 Å². The molecule has 2 N–H and O–H groups in total. The third-order valence-corrected chi connectivity index (χ3v) is 6.16. The normalized spacial score (nSPS) is 32.9. The van der Waals surface area contributed by atoms with Crippen LogP contribution in [0.1, 0.15) is 32.1 Å². The van der Waals surface area contributed by atoms with Crippen molar-refractivity contribution >= 4 is 11.9 Å². The number of amides is 1. The SMILES string of the molecule is O=C(C1CC(O)C1)N1CC[C@@H]2CN(CC3CC3)CCO[C@@H]2C1.O=C(O)C(F)(F)F. The summed E-state index contributed by atoms with van der Waals surface area (Å²) in [5.74, 6) is -0.942. The molecule has 2 atom stereocenters. The summed E-state index contributed by atoms with van der Waals surface area (Å²) in [7, 11) is 0. The highest BCUT2D eigenvalue weighted by molar-refractivity contribution is 5.80. The predicted molar refractivity (Wildman–Crippen MR) is 96.0 cm³/mol. The quantitative estimate of drug-likeness (QED) is 0.714. The summed E-state index contributed by atoms with van der Waals surface area (Å²) in [4.78, 5) is 25.9. The Morgan fingerprint density at radius 1 is 1.07 bits per heavy atom. The molecule has 2 heterocycles. The van der Waals surface area contributed by atoms with E-state index in [-0.39, 0.29) is 24.0 Å². The van der Waals surface area contributed by atoms with Crippen molar-refractivity contribution in [2.45, 2.75) is 50.5 Å². The second-order valence-corrected chi connectivity index (χ2v) is 8.57. The highest BCUT2D eigenvalue weighted by Gasteiger charge is 2.41. The predicted octanol–water partition coefficient (Wildman–Crippen LogP) is 1.35. The van der Waals surface area contributed by atoms with Crippen LogP contribution >= 0.6 is 0 Å². The number of rotatable bonds is 3. The van der Waals surface area contributed by atoms with Crippen molar-refractivity contribution in [1.29, 1.82) is 0 Å². The lowest BCUT2D eigenvalue weighted by atomic mass is 9.80. The maximum Gasteiger partial charge on any atom is 0.490 e. The molecule has 4 aliphatic rings. The third kappa shape index (κ3) is 6.29. The largest absolute Gasteiger partial charge is 0.490 e. The van der Waals surface area contributed by atoms with E-state index in [2.05, 4.69) is 4.90 Å². The van der Waals surface area contributed by atoms with Crippen molar-refractivity contribution in [2.24, 2.45) is 17.8 Å². The first-order chi connectivity index (χ1) is 13.6. The first-order valence-corrected chi connectivity index (χ1v) is 10.2. The monoisotopic (exact) mass is 422 g/mol. The van der Waals surface area contributed by atoms with Gasteiger partial charge >= 0.3 is 12.1 Å². The summed E-state index contributed by atoms with van der Waals surface area (Å²) in [6.07, 6.45) is 0.0525. The van der Waals surface area contributed by atoms with Crippen LogP contribution in [0.5, 0.6) is 0 Å². The molecule has 2 aliphatic carbocycles. The third-order valence-electron chi connectivity index (χ3n) is 6.16. The minimum atomic E-state index is -5.08. The van der Waals surface area contributed by atoms with Crippen LogP contribution in [-0.2, 0) is 14.3 Å². The van der Waals surface area contributed by atoms with E-state index in [1.807, 2.05) is 4.90 Å². The molecule has 0 radical (unpaired) electrons. The van der Waals surface area contributed by atoms with Crippen LogP contribution in [0.4, 0.5) is 13.2 Å². The Morgan fingerprint density at radius 2 is 1.72 bits per heavy atom. The van der Waals surface area contributed by atoms with Gasteiger partial charge in [0.1, 0.15) is 0 Å². The van der Waals surface area contributed by atoms with E-state index in [1.54, 1.807) is 0 Å². The van der Waals surface area contributed by atoms with Gasteiger partial charge < -0.3 is 24.7 Å². The molecule has 0 spiro atoms. The van der Waals surface area contributed by atoms with Gasteiger partial charge in [-0.15, -0.1) is 0 Å². The zero-order valence-corrected chi connectivity index (χ0v) is 16.3. The fourth-order valence-corrected chi connectivity index (χ4v) is 4.20. The zero-order chi connectivity index (χ0) is 21.2. The number of nitrogens with zero attached hydrogens (tertiary/aromatic N) is 2. The molecule has 1 amide bonds. The number of carbonyl (C=O) groups excluding carboxylic acids is 1. The second-order valence-electron chi connectivity index (χ2n) is 8.57. The van der Waals surface area contributed by atoms with Crippen molar-refractivity contribution in [3.63, 3.8) is 0 Å². The molecule has 166 valence electrons. The van der Waals surface area contributed by atoms with E-state index < -0.39 is 12.1 Å². The van der Waals surface area contributed by atoms with Crippen molar-refractivity contribution in [2.75, 3.05) is 39.3 Å². The van der Waals surface area contributed by atoms with Gasteiger partial charge in [-0.05, 0) is 38.0 Å². The summed E-state index contributed by atoms with van der Waals surface area (Å²) in [5, 5.41) is 16.5. The molecule has 0 aromatic rings. The van der Waals surface area contributed by atoms with Crippen LogP contribution in [0, 0.1) is 17.8 Å². The number of carboxylic acid groups (broad SMARTS) is 1. The highest BCUT2D eigenvalue weighted by atomic mass is 19.4. The van der Waals surface area contributed by atoms with Crippen molar-refractivity contribution in [1.82, 2.24) is 9.80 Å². The number of aliphatic hydroxyl groups is 1. The number of carboxylic acids is 1. The average Bonchev–Trinajstić information content (AvgIpc) is 3.44.